The average Bonchev–Trinajstić information content (AvgIpc) is 2.96. The number of carbonyl (C=O) groups is 1. The van der Waals surface area contributed by atoms with Crippen molar-refractivity contribution >= 4 is 16.9 Å². The molecule has 7 heteroatoms. The lowest BCUT2D eigenvalue weighted by molar-refractivity contribution is 0.0691. The molecule has 0 spiro atoms. The molecule has 0 aliphatic carbocycles. The molecule has 1 aromatic carbocycles. The number of aromatic carboxylic acids is 1. The number of hydrogen-bond acceptors (Lipinski definition) is 4. The van der Waals surface area contributed by atoms with Gasteiger partial charge in [-0.2, -0.15) is 0 Å². The Morgan fingerprint density at radius 3 is 2.64 bits per heavy atom. The van der Waals surface area contributed by atoms with Crippen LogP contribution in [0.2, 0.25) is 0 Å². The predicted octanol–water partition coefficient (Wildman–Crippen LogP) is 3.00. The van der Waals surface area contributed by atoms with Crippen molar-refractivity contribution in [3.63, 3.8) is 0 Å². The normalized spacial score (nSPS) is 11.2. The summed E-state index contributed by atoms with van der Waals surface area (Å²) in [6.45, 7) is 5.64. The van der Waals surface area contributed by atoms with Crippen LogP contribution in [0.15, 0.2) is 29.1 Å². The minimum absolute atomic E-state index is 0.386. The Labute approximate surface area is 162 Å². The molecule has 3 rings (SSSR count). The fraction of sp³-hybridized carbons (Fsp3) is 0.333. The van der Waals surface area contributed by atoms with E-state index in [2.05, 4.69) is 27.9 Å². The number of rotatable bonds is 7. The number of H-pyrrole nitrogens is 1. The van der Waals surface area contributed by atoms with Gasteiger partial charge in [0.25, 0.3) is 5.56 Å². The highest BCUT2D eigenvalue weighted by Gasteiger charge is 2.22. The SMILES string of the molecule is CCCNCc1cc2cc(-c3[nH]c(=O)c(C(=O)O)c(O)c3CC)ccc2n1C. The molecule has 0 unspecified atom stereocenters. The van der Waals surface area contributed by atoms with Gasteiger partial charge in [0.05, 0.1) is 5.69 Å². The number of nitrogens with one attached hydrogen (secondary N) is 2. The summed E-state index contributed by atoms with van der Waals surface area (Å²) in [6, 6.07) is 7.88. The van der Waals surface area contributed by atoms with Crippen molar-refractivity contribution in [3.8, 4) is 17.0 Å². The van der Waals surface area contributed by atoms with Crippen LogP contribution in [0.1, 0.15) is 41.9 Å². The molecule has 2 heterocycles. The van der Waals surface area contributed by atoms with Gasteiger partial charge in [-0.05, 0) is 43.1 Å². The van der Waals surface area contributed by atoms with E-state index >= 15 is 0 Å². The van der Waals surface area contributed by atoms with Gasteiger partial charge in [0.15, 0.2) is 5.56 Å². The number of pyridine rings is 1. The standard InChI is InChI=1S/C21H25N3O4/c1-4-8-22-11-14-10-13-9-12(6-7-16(13)24(14)3)18-15(5-2)19(25)17(21(27)28)20(26)23-18/h6-7,9-10,22H,4-5,8,11H2,1-3H3,(H,27,28)(H2,23,25,26). The lowest BCUT2D eigenvalue weighted by atomic mass is 9.99. The second-order valence-electron chi connectivity index (χ2n) is 6.84. The Morgan fingerprint density at radius 2 is 2.00 bits per heavy atom. The maximum atomic E-state index is 12.2. The van der Waals surface area contributed by atoms with E-state index in [1.54, 1.807) is 6.92 Å². The van der Waals surface area contributed by atoms with Crippen LogP contribution in [-0.4, -0.2) is 32.3 Å². The summed E-state index contributed by atoms with van der Waals surface area (Å²) in [5.74, 6) is -1.91. The first-order valence-electron chi connectivity index (χ1n) is 9.39. The van der Waals surface area contributed by atoms with Crippen LogP contribution in [-0.2, 0) is 20.0 Å². The highest BCUT2D eigenvalue weighted by atomic mass is 16.4. The summed E-state index contributed by atoms with van der Waals surface area (Å²) in [5, 5.41) is 24.0. The largest absolute Gasteiger partial charge is 0.506 e. The van der Waals surface area contributed by atoms with Crippen LogP contribution in [0, 0.1) is 0 Å². The third kappa shape index (κ3) is 3.41. The molecule has 28 heavy (non-hydrogen) atoms. The van der Waals surface area contributed by atoms with E-state index in [0.29, 0.717) is 17.7 Å². The zero-order valence-corrected chi connectivity index (χ0v) is 16.3. The van der Waals surface area contributed by atoms with Crippen LogP contribution in [0.25, 0.3) is 22.2 Å². The zero-order valence-electron chi connectivity index (χ0n) is 16.3. The molecule has 0 radical (unpaired) electrons. The molecule has 0 bridgehead atoms. The summed E-state index contributed by atoms with van der Waals surface area (Å²) < 4.78 is 2.12. The number of aromatic hydroxyl groups is 1. The number of aromatic amines is 1. The predicted molar refractivity (Wildman–Crippen MR) is 109 cm³/mol. The van der Waals surface area contributed by atoms with Gasteiger partial charge in [0.1, 0.15) is 5.75 Å². The van der Waals surface area contributed by atoms with E-state index in [1.165, 1.54) is 0 Å². The fourth-order valence-electron chi connectivity index (χ4n) is 3.54. The topological polar surface area (TPSA) is 107 Å². The second-order valence-corrected chi connectivity index (χ2v) is 6.84. The zero-order chi connectivity index (χ0) is 20.4. The number of nitrogens with zero attached hydrogens (tertiary/aromatic N) is 1. The first-order valence-corrected chi connectivity index (χ1v) is 9.39. The number of carboxylic acids is 1. The third-order valence-electron chi connectivity index (χ3n) is 5.02. The summed E-state index contributed by atoms with van der Waals surface area (Å²) in [4.78, 5) is 26.1. The van der Waals surface area contributed by atoms with Gasteiger partial charge >= 0.3 is 5.97 Å². The molecule has 0 aliphatic rings. The summed E-state index contributed by atoms with van der Waals surface area (Å²) in [6.07, 6.45) is 1.45. The summed E-state index contributed by atoms with van der Waals surface area (Å²) in [5.41, 5.74) is 2.37. The molecule has 4 N–H and O–H groups in total. The number of benzene rings is 1. The maximum Gasteiger partial charge on any atom is 0.345 e. The molecular formula is C21H25N3O4. The molecular weight excluding hydrogens is 358 g/mol. The monoisotopic (exact) mass is 383 g/mol. The van der Waals surface area contributed by atoms with Crippen molar-refractivity contribution in [2.45, 2.75) is 33.2 Å². The van der Waals surface area contributed by atoms with E-state index < -0.39 is 22.8 Å². The van der Waals surface area contributed by atoms with Crippen LogP contribution in [0.5, 0.6) is 5.75 Å². The molecule has 7 nitrogen and oxygen atoms in total. The molecule has 3 aromatic rings. The van der Waals surface area contributed by atoms with E-state index in [-0.39, 0.29) is 0 Å². The Bertz CT molecular complexity index is 1100. The summed E-state index contributed by atoms with van der Waals surface area (Å²) >= 11 is 0. The van der Waals surface area contributed by atoms with Gasteiger partial charge in [-0.15, -0.1) is 0 Å². The van der Waals surface area contributed by atoms with E-state index in [9.17, 15) is 19.8 Å². The van der Waals surface area contributed by atoms with Crippen LogP contribution in [0.4, 0.5) is 0 Å². The highest BCUT2D eigenvalue weighted by molar-refractivity contribution is 5.92. The van der Waals surface area contributed by atoms with Crippen LogP contribution in [0.3, 0.4) is 0 Å². The van der Waals surface area contributed by atoms with Gasteiger partial charge in [-0.1, -0.05) is 19.9 Å². The van der Waals surface area contributed by atoms with Crippen molar-refractivity contribution in [2.75, 3.05) is 6.54 Å². The average molecular weight is 383 g/mol. The second kappa shape index (κ2) is 7.90. The number of aromatic nitrogens is 2. The highest BCUT2D eigenvalue weighted by Crippen LogP contribution is 2.32. The number of carboxylic acid groups (broad SMARTS) is 1. The minimum Gasteiger partial charge on any atom is -0.506 e. The van der Waals surface area contributed by atoms with Crippen molar-refractivity contribution in [1.29, 1.82) is 0 Å². The Kier molecular flexibility index (Phi) is 5.56. The van der Waals surface area contributed by atoms with E-state index in [4.69, 9.17) is 0 Å². The molecule has 0 saturated heterocycles. The molecule has 0 amide bonds. The summed E-state index contributed by atoms with van der Waals surface area (Å²) in [7, 11) is 2.01. The van der Waals surface area contributed by atoms with Crippen molar-refractivity contribution in [3.05, 3.63) is 51.4 Å². The molecule has 0 atom stereocenters. The minimum atomic E-state index is -1.44. The van der Waals surface area contributed by atoms with Crippen LogP contribution >= 0.6 is 0 Å². The quantitative estimate of drug-likeness (QED) is 0.469. The smallest absolute Gasteiger partial charge is 0.345 e. The van der Waals surface area contributed by atoms with Gasteiger partial charge in [-0.25, -0.2) is 4.79 Å². The van der Waals surface area contributed by atoms with E-state index in [0.717, 1.165) is 41.7 Å². The fourth-order valence-corrected chi connectivity index (χ4v) is 3.54. The van der Waals surface area contributed by atoms with Gasteiger partial charge in [-0.3, -0.25) is 4.79 Å². The first-order chi connectivity index (χ1) is 13.4. The lowest BCUT2D eigenvalue weighted by Crippen LogP contribution is -2.20. The maximum absolute atomic E-state index is 12.2. The molecule has 0 saturated carbocycles. The van der Waals surface area contributed by atoms with E-state index in [1.807, 2.05) is 25.2 Å². The lowest BCUT2D eigenvalue weighted by Gasteiger charge is -2.12. The number of aryl methyl sites for hydroxylation is 1. The first kappa shape index (κ1) is 19.7. The van der Waals surface area contributed by atoms with Gasteiger partial charge < -0.3 is 25.1 Å². The Balaban J connectivity index is 2.11. The molecule has 148 valence electrons. The molecule has 2 aromatic heterocycles. The molecule has 0 fully saturated rings. The Morgan fingerprint density at radius 1 is 1.25 bits per heavy atom. The van der Waals surface area contributed by atoms with Gasteiger partial charge in [0, 0.05) is 35.8 Å². The number of hydrogen-bond donors (Lipinski definition) is 4. The Hall–Kier alpha value is -3.06. The van der Waals surface area contributed by atoms with Crippen molar-refractivity contribution < 1.29 is 15.0 Å². The van der Waals surface area contributed by atoms with Crippen molar-refractivity contribution in [1.82, 2.24) is 14.9 Å². The van der Waals surface area contributed by atoms with Crippen LogP contribution < -0.4 is 10.9 Å². The van der Waals surface area contributed by atoms with Gasteiger partial charge in [0.2, 0.25) is 0 Å². The third-order valence-corrected chi connectivity index (χ3v) is 5.02. The molecule has 0 aliphatic heterocycles. The number of fused-ring (bicyclic) bond motifs is 1. The van der Waals surface area contributed by atoms with Crippen molar-refractivity contribution in [2.24, 2.45) is 7.05 Å².